The molecule has 0 aromatic heterocycles. The van der Waals surface area contributed by atoms with Gasteiger partial charge in [-0.1, -0.05) is 6.58 Å². The van der Waals surface area contributed by atoms with E-state index in [-0.39, 0.29) is 0 Å². The lowest BCUT2D eigenvalue weighted by atomic mass is 10.2. The molecule has 0 aliphatic rings. The zero-order valence-corrected chi connectivity index (χ0v) is 8.10. The zero-order valence-electron chi connectivity index (χ0n) is 8.10. The Morgan fingerprint density at radius 2 is 1.69 bits per heavy atom. The van der Waals surface area contributed by atoms with Crippen molar-refractivity contribution in [2.24, 2.45) is 0 Å². The highest BCUT2D eigenvalue weighted by Gasteiger charge is 2.14. The summed E-state index contributed by atoms with van der Waals surface area (Å²) in [6.07, 6.45) is 0.548. The maximum Gasteiger partial charge on any atom is 0.332 e. The number of amides is 2. The Bertz CT molecular complexity index is 381. The van der Waals surface area contributed by atoms with Gasteiger partial charge in [-0.05, 0) is 6.08 Å². The number of hydrogen-bond acceptors (Lipinski definition) is 4. The third kappa shape index (κ3) is 5.32. The van der Waals surface area contributed by atoms with Crippen molar-refractivity contribution in [1.82, 2.24) is 5.32 Å². The number of carboxylic acids is 2. The number of carbonyl (C=O) groups excluding carboxylic acids is 2. The number of carboxylic acid groups (broad SMARTS) is 2. The lowest BCUT2D eigenvalue weighted by molar-refractivity contribution is -0.139. The van der Waals surface area contributed by atoms with Gasteiger partial charge >= 0.3 is 11.9 Å². The minimum Gasteiger partial charge on any atom is -0.481 e. The summed E-state index contributed by atoms with van der Waals surface area (Å²) in [5.41, 5.74) is -0.623. The molecule has 0 aliphatic heterocycles. The predicted octanol–water partition coefficient (Wildman–Crippen LogP) is -0.699. The van der Waals surface area contributed by atoms with Gasteiger partial charge in [-0.25, -0.2) is 4.79 Å². The summed E-state index contributed by atoms with van der Waals surface area (Å²) in [4.78, 5) is 42.4. The Morgan fingerprint density at radius 3 is 2.06 bits per heavy atom. The zero-order chi connectivity index (χ0) is 12.7. The Hall–Kier alpha value is -2.44. The molecule has 0 radical (unpaired) electrons. The molecule has 0 atom stereocenters. The summed E-state index contributed by atoms with van der Waals surface area (Å²) in [6.45, 7) is 3.08. The Morgan fingerprint density at radius 1 is 1.12 bits per heavy atom. The van der Waals surface area contributed by atoms with Crippen LogP contribution in [0.15, 0.2) is 24.3 Å². The number of nitrogens with one attached hydrogen (secondary N) is 1. The molecule has 7 heteroatoms. The molecule has 0 spiro atoms. The van der Waals surface area contributed by atoms with E-state index in [0.717, 1.165) is 6.08 Å². The minimum atomic E-state index is -1.54. The van der Waals surface area contributed by atoms with Crippen LogP contribution in [0.4, 0.5) is 0 Å². The molecule has 0 unspecified atom stereocenters. The second-order valence-electron chi connectivity index (χ2n) is 2.60. The Kier molecular flexibility index (Phi) is 5.19. The van der Waals surface area contributed by atoms with Gasteiger partial charge in [0.2, 0.25) is 5.91 Å². The molecule has 0 aliphatic carbocycles. The number of rotatable bonds is 5. The highest BCUT2D eigenvalue weighted by atomic mass is 16.4. The van der Waals surface area contributed by atoms with Crippen molar-refractivity contribution < 1.29 is 29.4 Å². The van der Waals surface area contributed by atoms with Crippen molar-refractivity contribution in [1.29, 1.82) is 0 Å². The fourth-order valence-corrected chi connectivity index (χ4v) is 0.718. The monoisotopic (exact) mass is 227 g/mol. The molecule has 86 valence electrons. The van der Waals surface area contributed by atoms with Crippen LogP contribution in [0.2, 0.25) is 0 Å². The van der Waals surface area contributed by atoms with E-state index >= 15 is 0 Å². The fourth-order valence-electron chi connectivity index (χ4n) is 0.718. The topological polar surface area (TPSA) is 121 Å². The first-order chi connectivity index (χ1) is 7.36. The lowest BCUT2D eigenvalue weighted by Gasteiger charge is -1.99. The van der Waals surface area contributed by atoms with E-state index in [4.69, 9.17) is 10.2 Å². The second kappa shape index (κ2) is 6.12. The SMILES string of the molecule is C=CC(=O)NC(=O)C=C(CC(=O)O)C(=O)O. The molecular weight excluding hydrogens is 218 g/mol. The van der Waals surface area contributed by atoms with Crippen LogP contribution in [-0.2, 0) is 19.2 Å². The van der Waals surface area contributed by atoms with E-state index in [2.05, 4.69) is 6.58 Å². The largest absolute Gasteiger partial charge is 0.481 e. The summed E-state index contributed by atoms with van der Waals surface area (Å²) in [7, 11) is 0. The van der Waals surface area contributed by atoms with Crippen LogP contribution in [0.25, 0.3) is 0 Å². The summed E-state index contributed by atoms with van der Waals surface area (Å²) < 4.78 is 0. The molecule has 3 N–H and O–H groups in total. The maximum absolute atomic E-state index is 11.0. The molecule has 7 nitrogen and oxygen atoms in total. The molecule has 0 aromatic carbocycles. The molecule has 0 saturated carbocycles. The van der Waals surface area contributed by atoms with Gasteiger partial charge in [-0.3, -0.25) is 19.7 Å². The third-order valence-corrected chi connectivity index (χ3v) is 1.35. The number of carbonyl (C=O) groups is 4. The lowest BCUT2D eigenvalue weighted by Crippen LogP contribution is -2.27. The van der Waals surface area contributed by atoms with E-state index in [9.17, 15) is 19.2 Å². The smallest absolute Gasteiger partial charge is 0.332 e. The Labute approximate surface area is 90.1 Å². The highest BCUT2D eigenvalue weighted by Crippen LogP contribution is 2.01. The van der Waals surface area contributed by atoms with E-state index in [1.807, 2.05) is 0 Å². The molecular formula is C9H9NO6. The maximum atomic E-state index is 11.0. The van der Waals surface area contributed by atoms with Crippen LogP contribution in [0.5, 0.6) is 0 Å². The van der Waals surface area contributed by atoms with Crippen LogP contribution >= 0.6 is 0 Å². The van der Waals surface area contributed by atoms with Gasteiger partial charge in [0.05, 0.1) is 12.0 Å². The summed E-state index contributed by atoms with van der Waals surface area (Å²) in [6, 6.07) is 0. The van der Waals surface area contributed by atoms with Gasteiger partial charge in [-0.2, -0.15) is 0 Å². The quantitative estimate of drug-likeness (QED) is 0.534. The van der Waals surface area contributed by atoms with Crippen LogP contribution in [0, 0.1) is 0 Å². The standard InChI is InChI=1S/C9H9NO6/c1-2-6(11)10-7(12)3-5(9(15)16)4-8(13)14/h2-3H,1,4H2,(H,13,14)(H,15,16)(H,10,11,12). The van der Waals surface area contributed by atoms with Gasteiger partial charge < -0.3 is 10.2 Å². The fraction of sp³-hybridized carbons (Fsp3) is 0.111. The van der Waals surface area contributed by atoms with E-state index in [0.29, 0.717) is 6.08 Å². The van der Waals surface area contributed by atoms with Crippen molar-refractivity contribution >= 4 is 23.8 Å². The van der Waals surface area contributed by atoms with Crippen LogP contribution in [0.1, 0.15) is 6.42 Å². The van der Waals surface area contributed by atoms with Crippen molar-refractivity contribution in [2.75, 3.05) is 0 Å². The highest BCUT2D eigenvalue weighted by molar-refractivity contribution is 6.08. The van der Waals surface area contributed by atoms with E-state index in [1.54, 1.807) is 5.32 Å². The first-order valence-corrected chi connectivity index (χ1v) is 4.00. The predicted molar refractivity (Wildman–Crippen MR) is 51.3 cm³/mol. The normalized spacial score (nSPS) is 10.4. The summed E-state index contributed by atoms with van der Waals surface area (Å²) in [5, 5.41) is 18.7. The molecule has 0 fully saturated rings. The number of imide groups is 1. The summed E-state index contributed by atoms with van der Waals surface area (Å²) >= 11 is 0. The second-order valence-corrected chi connectivity index (χ2v) is 2.60. The first kappa shape index (κ1) is 13.6. The van der Waals surface area contributed by atoms with Gasteiger partial charge in [0, 0.05) is 6.08 Å². The van der Waals surface area contributed by atoms with E-state index < -0.39 is 35.7 Å². The molecule has 0 saturated heterocycles. The Balaban J connectivity index is 4.72. The van der Waals surface area contributed by atoms with Gasteiger partial charge in [-0.15, -0.1) is 0 Å². The van der Waals surface area contributed by atoms with Gasteiger partial charge in [0.1, 0.15) is 0 Å². The van der Waals surface area contributed by atoms with Crippen molar-refractivity contribution in [3.05, 3.63) is 24.3 Å². The third-order valence-electron chi connectivity index (χ3n) is 1.35. The molecule has 16 heavy (non-hydrogen) atoms. The minimum absolute atomic E-state index is 0.540. The van der Waals surface area contributed by atoms with Crippen LogP contribution in [0.3, 0.4) is 0 Å². The van der Waals surface area contributed by atoms with Gasteiger partial charge in [0.15, 0.2) is 0 Å². The molecule has 0 rings (SSSR count). The molecule has 0 bridgehead atoms. The van der Waals surface area contributed by atoms with E-state index in [1.165, 1.54) is 0 Å². The van der Waals surface area contributed by atoms with Crippen molar-refractivity contribution in [2.45, 2.75) is 6.42 Å². The van der Waals surface area contributed by atoms with Crippen molar-refractivity contribution in [3.63, 3.8) is 0 Å². The van der Waals surface area contributed by atoms with Crippen LogP contribution < -0.4 is 5.32 Å². The van der Waals surface area contributed by atoms with Gasteiger partial charge in [0.25, 0.3) is 5.91 Å². The average Bonchev–Trinajstić information content (AvgIpc) is 2.15. The average molecular weight is 227 g/mol. The first-order valence-electron chi connectivity index (χ1n) is 4.00. The van der Waals surface area contributed by atoms with Crippen LogP contribution in [-0.4, -0.2) is 34.0 Å². The summed E-state index contributed by atoms with van der Waals surface area (Å²) in [5.74, 6) is -4.75. The van der Waals surface area contributed by atoms with Crippen molar-refractivity contribution in [3.8, 4) is 0 Å². The number of hydrogen-bond donors (Lipinski definition) is 3. The molecule has 0 aromatic rings. The number of aliphatic carboxylic acids is 2. The molecule has 2 amide bonds. The molecule has 0 heterocycles.